The van der Waals surface area contributed by atoms with Gasteiger partial charge >= 0.3 is 6.03 Å². The molecule has 1 aliphatic rings. The quantitative estimate of drug-likeness (QED) is 0.708. The third-order valence-corrected chi connectivity index (χ3v) is 4.68. The number of aliphatic hydroxyl groups is 1. The van der Waals surface area contributed by atoms with E-state index in [0.717, 1.165) is 36.8 Å². The Morgan fingerprint density at radius 3 is 2.64 bits per heavy atom. The molecule has 0 saturated carbocycles. The van der Waals surface area contributed by atoms with Crippen molar-refractivity contribution in [2.75, 3.05) is 24.6 Å². The molecule has 2 rings (SSSR count). The number of pyridine rings is 1. The number of rotatable bonds is 7. The van der Waals surface area contributed by atoms with Crippen molar-refractivity contribution in [3.63, 3.8) is 0 Å². The van der Waals surface area contributed by atoms with Crippen LogP contribution in [0.2, 0.25) is 0 Å². The van der Waals surface area contributed by atoms with Gasteiger partial charge in [0.25, 0.3) is 0 Å². The van der Waals surface area contributed by atoms with Gasteiger partial charge in [0.05, 0.1) is 12.6 Å². The van der Waals surface area contributed by atoms with E-state index in [9.17, 15) is 9.90 Å². The number of nitrogens with one attached hydrogen (secondary N) is 2. The first kappa shape index (κ1) is 19.5. The van der Waals surface area contributed by atoms with Gasteiger partial charge in [0, 0.05) is 25.8 Å². The highest BCUT2D eigenvalue weighted by molar-refractivity contribution is 5.74. The zero-order chi connectivity index (χ0) is 18.2. The molecule has 1 aliphatic heterocycles. The average Bonchev–Trinajstić information content (AvgIpc) is 2.60. The molecule has 140 valence electrons. The molecule has 0 bridgehead atoms. The van der Waals surface area contributed by atoms with Crippen molar-refractivity contribution in [3.05, 3.63) is 23.9 Å². The van der Waals surface area contributed by atoms with Crippen molar-refractivity contribution in [2.24, 2.45) is 11.8 Å². The first-order valence-corrected chi connectivity index (χ1v) is 9.33. The molecule has 1 unspecified atom stereocenters. The molecule has 0 aromatic carbocycles. The normalized spacial score (nSPS) is 16.8. The number of hydrogen-bond donors (Lipinski definition) is 3. The summed E-state index contributed by atoms with van der Waals surface area (Å²) in [4.78, 5) is 18.8. The van der Waals surface area contributed by atoms with Gasteiger partial charge < -0.3 is 20.6 Å². The number of piperidine rings is 1. The summed E-state index contributed by atoms with van der Waals surface area (Å²) in [5.74, 6) is 2.24. The van der Waals surface area contributed by atoms with E-state index in [2.05, 4.69) is 41.3 Å². The van der Waals surface area contributed by atoms with E-state index >= 15 is 0 Å². The molecule has 0 spiro atoms. The van der Waals surface area contributed by atoms with Crippen LogP contribution in [0.5, 0.6) is 0 Å². The molecule has 1 aromatic heterocycles. The number of anilines is 1. The predicted octanol–water partition coefficient (Wildman–Crippen LogP) is 2.52. The van der Waals surface area contributed by atoms with Crippen LogP contribution in [0.3, 0.4) is 0 Å². The minimum Gasteiger partial charge on any atom is -0.394 e. The van der Waals surface area contributed by atoms with Crippen molar-refractivity contribution in [1.29, 1.82) is 0 Å². The van der Waals surface area contributed by atoms with E-state index in [-0.39, 0.29) is 18.7 Å². The van der Waals surface area contributed by atoms with Crippen LogP contribution < -0.4 is 15.5 Å². The van der Waals surface area contributed by atoms with Crippen molar-refractivity contribution < 1.29 is 9.90 Å². The Morgan fingerprint density at radius 2 is 2.08 bits per heavy atom. The van der Waals surface area contributed by atoms with Crippen LogP contribution in [0.1, 0.15) is 45.6 Å². The topological polar surface area (TPSA) is 77.5 Å². The number of carbonyl (C=O) groups is 1. The fourth-order valence-electron chi connectivity index (χ4n) is 3.11. The zero-order valence-corrected chi connectivity index (χ0v) is 15.7. The maximum Gasteiger partial charge on any atom is 0.315 e. The van der Waals surface area contributed by atoms with Crippen LogP contribution >= 0.6 is 0 Å². The molecule has 1 saturated heterocycles. The number of aromatic nitrogens is 1. The van der Waals surface area contributed by atoms with Crippen LogP contribution in [-0.4, -0.2) is 41.9 Å². The molecule has 2 heterocycles. The lowest BCUT2D eigenvalue weighted by molar-refractivity contribution is 0.206. The Bertz CT molecular complexity index is 525. The second kappa shape index (κ2) is 9.61. The minimum atomic E-state index is -0.256. The SMILES string of the molecule is CC(C)CC(CO)NC(=O)NCc1ccc(N2CCC(C)CC2)nc1. The number of carbonyl (C=O) groups excluding carboxylic acids is 1. The van der Waals surface area contributed by atoms with Crippen LogP contribution in [-0.2, 0) is 6.54 Å². The van der Waals surface area contributed by atoms with Crippen LogP contribution in [0, 0.1) is 11.8 Å². The molecule has 6 heteroatoms. The van der Waals surface area contributed by atoms with Gasteiger partial charge in [-0.2, -0.15) is 0 Å². The fraction of sp³-hybridized carbons (Fsp3) is 0.684. The standard InChI is InChI=1S/C19H32N4O2/c1-14(2)10-17(13-24)22-19(25)21-12-16-4-5-18(20-11-16)23-8-6-15(3)7-9-23/h4-5,11,14-15,17,24H,6-10,12-13H2,1-3H3,(H2,21,22,25). The third kappa shape index (κ3) is 6.53. The number of aliphatic hydroxyl groups excluding tert-OH is 1. The number of amides is 2. The molecule has 3 N–H and O–H groups in total. The lowest BCUT2D eigenvalue weighted by Gasteiger charge is -2.31. The van der Waals surface area contributed by atoms with Gasteiger partial charge in [-0.1, -0.05) is 26.8 Å². The minimum absolute atomic E-state index is 0.0453. The summed E-state index contributed by atoms with van der Waals surface area (Å²) >= 11 is 0. The Morgan fingerprint density at radius 1 is 1.36 bits per heavy atom. The first-order valence-electron chi connectivity index (χ1n) is 9.33. The second-order valence-electron chi connectivity index (χ2n) is 7.53. The van der Waals surface area contributed by atoms with E-state index in [4.69, 9.17) is 0 Å². The monoisotopic (exact) mass is 348 g/mol. The third-order valence-electron chi connectivity index (χ3n) is 4.68. The molecular formula is C19H32N4O2. The van der Waals surface area contributed by atoms with Gasteiger partial charge in [0.15, 0.2) is 0 Å². The van der Waals surface area contributed by atoms with Crippen LogP contribution in [0.25, 0.3) is 0 Å². The maximum atomic E-state index is 12.0. The second-order valence-corrected chi connectivity index (χ2v) is 7.53. The molecule has 25 heavy (non-hydrogen) atoms. The molecule has 2 amide bonds. The Balaban J connectivity index is 1.78. The summed E-state index contributed by atoms with van der Waals surface area (Å²) in [6, 6.07) is 3.58. The molecule has 0 radical (unpaired) electrons. The van der Waals surface area contributed by atoms with E-state index < -0.39 is 0 Å². The van der Waals surface area contributed by atoms with Gasteiger partial charge in [-0.05, 0) is 42.7 Å². The molecule has 1 atom stereocenters. The summed E-state index contributed by atoms with van der Waals surface area (Å²) in [6.07, 6.45) is 5.01. The Hall–Kier alpha value is -1.82. The Labute approximate surface area is 151 Å². The van der Waals surface area contributed by atoms with E-state index in [0.29, 0.717) is 12.5 Å². The summed E-state index contributed by atoms with van der Waals surface area (Å²) < 4.78 is 0. The zero-order valence-electron chi connectivity index (χ0n) is 15.7. The molecule has 6 nitrogen and oxygen atoms in total. The highest BCUT2D eigenvalue weighted by Gasteiger charge is 2.17. The van der Waals surface area contributed by atoms with Gasteiger partial charge in [-0.15, -0.1) is 0 Å². The fourth-order valence-corrected chi connectivity index (χ4v) is 3.11. The first-order chi connectivity index (χ1) is 12.0. The van der Waals surface area contributed by atoms with Gasteiger partial charge in [0.1, 0.15) is 5.82 Å². The summed E-state index contributed by atoms with van der Waals surface area (Å²) in [7, 11) is 0. The summed E-state index contributed by atoms with van der Waals surface area (Å²) in [5.41, 5.74) is 0.966. The smallest absolute Gasteiger partial charge is 0.315 e. The highest BCUT2D eigenvalue weighted by atomic mass is 16.3. The average molecular weight is 348 g/mol. The van der Waals surface area contributed by atoms with Crippen molar-refractivity contribution in [3.8, 4) is 0 Å². The van der Waals surface area contributed by atoms with Crippen molar-refractivity contribution >= 4 is 11.8 Å². The van der Waals surface area contributed by atoms with E-state index in [1.54, 1.807) is 0 Å². The number of nitrogens with zero attached hydrogens (tertiary/aromatic N) is 2. The largest absolute Gasteiger partial charge is 0.394 e. The number of hydrogen-bond acceptors (Lipinski definition) is 4. The lowest BCUT2D eigenvalue weighted by atomic mass is 9.99. The van der Waals surface area contributed by atoms with Gasteiger partial charge in [-0.25, -0.2) is 9.78 Å². The van der Waals surface area contributed by atoms with Crippen molar-refractivity contribution in [2.45, 2.75) is 52.6 Å². The molecular weight excluding hydrogens is 316 g/mol. The molecule has 1 fully saturated rings. The Kier molecular flexibility index (Phi) is 7.50. The molecule has 0 aliphatic carbocycles. The van der Waals surface area contributed by atoms with Gasteiger partial charge in [0.2, 0.25) is 0 Å². The lowest BCUT2D eigenvalue weighted by Crippen LogP contribution is -2.44. The van der Waals surface area contributed by atoms with Crippen LogP contribution in [0.4, 0.5) is 10.6 Å². The maximum absolute atomic E-state index is 12.0. The van der Waals surface area contributed by atoms with E-state index in [1.165, 1.54) is 12.8 Å². The van der Waals surface area contributed by atoms with Crippen LogP contribution in [0.15, 0.2) is 18.3 Å². The molecule has 1 aromatic rings. The highest BCUT2D eigenvalue weighted by Crippen LogP contribution is 2.21. The number of urea groups is 1. The summed E-state index contributed by atoms with van der Waals surface area (Å²) in [6.45, 7) is 8.94. The predicted molar refractivity (Wildman–Crippen MR) is 101 cm³/mol. The summed E-state index contributed by atoms with van der Waals surface area (Å²) in [5, 5.41) is 15.0. The van der Waals surface area contributed by atoms with Crippen molar-refractivity contribution in [1.82, 2.24) is 15.6 Å². The van der Waals surface area contributed by atoms with Gasteiger partial charge in [-0.3, -0.25) is 0 Å². The van der Waals surface area contributed by atoms with E-state index in [1.807, 2.05) is 18.3 Å².